The van der Waals surface area contributed by atoms with Crippen LogP contribution in [-0.4, -0.2) is 87.5 Å². The average Bonchev–Trinajstić information content (AvgIpc) is 1.28. The molecule has 1 saturated heterocycles. The Balaban J connectivity index is 2.03. The highest BCUT2D eigenvalue weighted by atomic mass is 16.7. The molecule has 1 aliphatic rings. The highest BCUT2D eigenvalue weighted by Crippen LogP contribution is 2.24. The molecule has 534 valence electrons. The lowest BCUT2D eigenvalue weighted by Gasteiger charge is -2.40. The number of carbonyl (C=O) groups excluding carboxylic acids is 1. The van der Waals surface area contributed by atoms with Gasteiger partial charge in [0.15, 0.2) is 6.29 Å². The lowest BCUT2D eigenvalue weighted by atomic mass is 9.99. The highest BCUT2D eigenvalue weighted by molar-refractivity contribution is 5.76. The van der Waals surface area contributed by atoms with Crippen LogP contribution in [0, 0.1) is 0 Å². The molecule has 0 aliphatic carbocycles. The molecule has 0 spiro atoms. The maximum atomic E-state index is 13.2. The summed E-state index contributed by atoms with van der Waals surface area (Å²) in [6, 6.07) is -0.718. The number of aliphatic hydroxyl groups excluding tert-OH is 5. The molecule has 0 aromatic carbocycles. The summed E-state index contributed by atoms with van der Waals surface area (Å²) in [6.07, 6.45) is 87.2. The van der Waals surface area contributed by atoms with E-state index < -0.39 is 49.5 Å². The first-order valence-corrected chi connectivity index (χ1v) is 40.5. The largest absolute Gasteiger partial charge is 0.394 e. The Kier molecular flexibility index (Phi) is 67.9. The van der Waals surface area contributed by atoms with E-state index in [9.17, 15) is 30.3 Å². The van der Waals surface area contributed by atoms with Crippen LogP contribution in [0.4, 0.5) is 0 Å². The number of rotatable bonds is 73. The maximum Gasteiger partial charge on any atom is 0.220 e. The van der Waals surface area contributed by atoms with Gasteiger partial charge in [0, 0.05) is 6.42 Å². The summed E-state index contributed by atoms with van der Waals surface area (Å²) in [5.74, 6) is -0.133. The van der Waals surface area contributed by atoms with Crippen molar-refractivity contribution >= 4 is 5.91 Å². The summed E-state index contributed by atoms with van der Waals surface area (Å²) in [4.78, 5) is 13.2. The van der Waals surface area contributed by atoms with Gasteiger partial charge in [0.2, 0.25) is 5.91 Å². The van der Waals surface area contributed by atoms with E-state index in [1.807, 2.05) is 0 Å². The van der Waals surface area contributed by atoms with Gasteiger partial charge in [-0.05, 0) is 44.9 Å². The number of hydrogen-bond acceptors (Lipinski definition) is 8. The number of unbranched alkanes of at least 4 members (excludes halogenated alkanes) is 59. The van der Waals surface area contributed by atoms with Gasteiger partial charge >= 0.3 is 0 Å². The third kappa shape index (κ3) is 58.1. The molecular weight excluding hydrogens is 1110 g/mol. The SMILES string of the molecule is CCCCCCC/C=C\C/C=C\CCCCCCCCCCCCCCCCCCCCCCCCCCCC(=O)NC(COC1OC(CO)C(O)C(O)C1O)C(O)CCCCCCCCCCCCCCCCCCCCCCCCCCCCCCCC. The predicted octanol–water partition coefficient (Wildman–Crippen LogP) is 23.2. The van der Waals surface area contributed by atoms with Crippen LogP contribution in [0.5, 0.6) is 0 Å². The molecule has 0 bridgehead atoms. The molecule has 7 atom stereocenters. The van der Waals surface area contributed by atoms with E-state index in [2.05, 4.69) is 43.5 Å². The molecule has 0 aromatic heterocycles. The Morgan fingerprint density at radius 3 is 0.956 bits per heavy atom. The van der Waals surface area contributed by atoms with Crippen molar-refractivity contribution < 1.29 is 39.8 Å². The van der Waals surface area contributed by atoms with Crippen LogP contribution in [0.3, 0.4) is 0 Å². The molecular formula is C81H157NO8. The quantitative estimate of drug-likeness (QED) is 0.0261. The fraction of sp³-hybridized carbons (Fsp3) is 0.938. The van der Waals surface area contributed by atoms with E-state index in [1.165, 1.54) is 360 Å². The van der Waals surface area contributed by atoms with Crippen molar-refractivity contribution in [3.8, 4) is 0 Å². The first kappa shape index (κ1) is 86.7. The monoisotopic (exact) mass is 1270 g/mol. The van der Waals surface area contributed by atoms with Crippen molar-refractivity contribution in [1.29, 1.82) is 0 Å². The van der Waals surface area contributed by atoms with Gasteiger partial charge in [-0.15, -0.1) is 0 Å². The lowest BCUT2D eigenvalue weighted by molar-refractivity contribution is -0.302. The van der Waals surface area contributed by atoms with E-state index >= 15 is 0 Å². The van der Waals surface area contributed by atoms with Crippen molar-refractivity contribution in [1.82, 2.24) is 5.32 Å². The number of hydrogen-bond donors (Lipinski definition) is 6. The summed E-state index contributed by atoms with van der Waals surface area (Å²) in [6.45, 7) is 3.90. The molecule has 1 fully saturated rings. The lowest BCUT2D eigenvalue weighted by Crippen LogP contribution is -2.60. The predicted molar refractivity (Wildman–Crippen MR) is 387 cm³/mol. The minimum Gasteiger partial charge on any atom is -0.394 e. The maximum absolute atomic E-state index is 13.2. The molecule has 6 N–H and O–H groups in total. The van der Waals surface area contributed by atoms with Crippen molar-refractivity contribution in [2.45, 2.75) is 474 Å². The standard InChI is InChI=1S/C81H157NO8/c1-3-5-7-9-11-13-15-17-19-21-23-25-27-29-31-33-35-36-37-38-39-40-41-43-45-47-49-51-53-55-57-59-61-63-65-67-69-71-77(85)82-74(73-89-81-80(88)79(87)78(86)76(72-83)90-81)75(84)70-68-66-64-62-60-58-56-54-52-50-48-46-44-42-34-32-30-28-26-24-22-20-18-16-14-12-10-8-6-4-2/h15,17,21,23,74-76,78-81,83-84,86-88H,3-14,16,18-20,22,24-73H2,1-2H3,(H,82,85)/b17-15-,23-21-. The topological polar surface area (TPSA) is 149 Å². The van der Waals surface area contributed by atoms with Gasteiger partial charge in [-0.25, -0.2) is 0 Å². The van der Waals surface area contributed by atoms with Crippen LogP contribution in [0.2, 0.25) is 0 Å². The van der Waals surface area contributed by atoms with Gasteiger partial charge in [-0.2, -0.15) is 0 Å². The second-order valence-corrected chi connectivity index (χ2v) is 28.6. The number of aliphatic hydroxyl groups is 5. The number of nitrogens with one attached hydrogen (secondary N) is 1. The second kappa shape index (κ2) is 70.5. The van der Waals surface area contributed by atoms with Gasteiger partial charge in [0.05, 0.1) is 25.4 Å². The molecule has 1 heterocycles. The van der Waals surface area contributed by atoms with E-state index in [0.717, 1.165) is 44.9 Å². The number of carbonyl (C=O) groups is 1. The average molecular weight is 1270 g/mol. The van der Waals surface area contributed by atoms with Crippen LogP contribution in [0.15, 0.2) is 24.3 Å². The van der Waals surface area contributed by atoms with Crippen LogP contribution in [0.25, 0.3) is 0 Å². The minimum absolute atomic E-state index is 0.132. The van der Waals surface area contributed by atoms with E-state index in [1.54, 1.807) is 0 Å². The Bertz CT molecular complexity index is 1480. The van der Waals surface area contributed by atoms with Crippen LogP contribution < -0.4 is 5.32 Å². The van der Waals surface area contributed by atoms with Crippen LogP contribution in [-0.2, 0) is 14.3 Å². The molecule has 1 aliphatic heterocycles. The molecule has 9 heteroatoms. The fourth-order valence-electron chi connectivity index (χ4n) is 13.5. The third-order valence-electron chi connectivity index (χ3n) is 19.8. The van der Waals surface area contributed by atoms with Gasteiger partial charge < -0.3 is 40.3 Å². The van der Waals surface area contributed by atoms with E-state index in [4.69, 9.17) is 9.47 Å². The first-order valence-electron chi connectivity index (χ1n) is 40.5. The summed E-state index contributed by atoms with van der Waals surface area (Å²) >= 11 is 0. The summed E-state index contributed by atoms with van der Waals surface area (Å²) in [5, 5.41) is 55.1. The smallest absolute Gasteiger partial charge is 0.220 e. The van der Waals surface area contributed by atoms with E-state index in [0.29, 0.717) is 12.8 Å². The molecule has 9 nitrogen and oxygen atoms in total. The Morgan fingerprint density at radius 2 is 0.656 bits per heavy atom. The normalized spacial score (nSPS) is 17.8. The zero-order chi connectivity index (χ0) is 64.9. The van der Waals surface area contributed by atoms with Crippen molar-refractivity contribution in [3.05, 3.63) is 24.3 Å². The number of allylic oxidation sites excluding steroid dienone is 4. The molecule has 0 radical (unpaired) electrons. The molecule has 0 saturated carbocycles. The van der Waals surface area contributed by atoms with Crippen molar-refractivity contribution in [2.75, 3.05) is 13.2 Å². The minimum atomic E-state index is -1.55. The fourth-order valence-corrected chi connectivity index (χ4v) is 13.5. The van der Waals surface area contributed by atoms with E-state index in [-0.39, 0.29) is 12.5 Å². The third-order valence-corrected chi connectivity index (χ3v) is 19.8. The van der Waals surface area contributed by atoms with Gasteiger partial charge in [-0.1, -0.05) is 404 Å². The first-order chi connectivity index (χ1) is 44.3. The van der Waals surface area contributed by atoms with Crippen molar-refractivity contribution in [3.63, 3.8) is 0 Å². The van der Waals surface area contributed by atoms with Gasteiger partial charge in [0.25, 0.3) is 0 Å². The summed E-state index contributed by atoms with van der Waals surface area (Å²) in [7, 11) is 0. The summed E-state index contributed by atoms with van der Waals surface area (Å²) in [5.41, 5.74) is 0. The molecule has 90 heavy (non-hydrogen) atoms. The Morgan fingerprint density at radius 1 is 0.378 bits per heavy atom. The summed E-state index contributed by atoms with van der Waals surface area (Å²) < 4.78 is 11.4. The zero-order valence-electron chi connectivity index (χ0n) is 60.2. The number of amides is 1. The Labute approximate surface area is 559 Å². The van der Waals surface area contributed by atoms with Gasteiger partial charge in [0.1, 0.15) is 24.4 Å². The molecule has 0 aromatic rings. The molecule has 7 unspecified atom stereocenters. The number of ether oxygens (including phenoxy) is 2. The van der Waals surface area contributed by atoms with Crippen LogP contribution >= 0.6 is 0 Å². The second-order valence-electron chi connectivity index (χ2n) is 28.6. The van der Waals surface area contributed by atoms with Gasteiger partial charge in [-0.3, -0.25) is 4.79 Å². The zero-order valence-corrected chi connectivity index (χ0v) is 60.2. The highest BCUT2D eigenvalue weighted by Gasteiger charge is 2.44. The molecule has 1 amide bonds. The van der Waals surface area contributed by atoms with Crippen molar-refractivity contribution in [2.24, 2.45) is 0 Å². The Hall–Kier alpha value is -1.33. The van der Waals surface area contributed by atoms with Crippen LogP contribution in [0.1, 0.15) is 431 Å². The molecule has 1 rings (SSSR count).